The zero-order valence-corrected chi connectivity index (χ0v) is 32.7. The fraction of sp³-hybridized carbons (Fsp3) is 0.0545. The second-order valence-electron chi connectivity index (χ2n) is 15.6. The van der Waals surface area contributed by atoms with E-state index in [2.05, 4.69) is 219 Å². The molecule has 0 spiro atoms. The molecule has 0 saturated carbocycles. The van der Waals surface area contributed by atoms with Crippen LogP contribution in [0.15, 0.2) is 200 Å². The first-order valence-electron chi connectivity index (χ1n) is 19.8. The molecule has 1 aliphatic rings. The maximum absolute atomic E-state index is 2.51. The molecule has 0 amide bonds. The first-order chi connectivity index (χ1) is 28.1. The van der Waals surface area contributed by atoms with Crippen LogP contribution in [0.25, 0.3) is 75.5 Å². The van der Waals surface area contributed by atoms with Crippen LogP contribution < -0.4 is 4.90 Å². The molecule has 1 nitrogen and oxygen atoms in total. The molecule has 9 aromatic carbocycles. The molecule has 11 rings (SSSR count). The second-order valence-corrected chi connectivity index (χ2v) is 16.7. The summed E-state index contributed by atoms with van der Waals surface area (Å²) in [5.41, 5.74) is 16.0. The van der Waals surface area contributed by atoms with Gasteiger partial charge in [0, 0.05) is 42.4 Å². The Morgan fingerprint density at radius 1 is 0.404 bits per heavy atom. The third-order valence-electron chi connectivity index (χ3n) is 12.1. The molecule has 0 aliphatic heterocycles. The highest BCUT2D eigenvalue weighted by atomic mass is 32.1. The zero-order chi connectivity index (χ0) is 38.1. The van der Waals surface area contributed by atoms with Gasteiger partial charge in [-0.15, -0.1) is 11.3 Å². The zero-order valence-electron chi connectivity index (χ0n) is 31.9. The molecule has 0 unspecified atom stereocenters. The number of hydrogen-bond acceptors (Lipinski definition) is 2. The van der Waals surface area contributed by atoms with Crippen LogP contribution >= 0.6 is 11.3 Å². The van der Waals surface area contributed by atoms with Crippen LogP contribution in [0.4, 0.5) is 17.1 Å². The van der Waals surface area contributed by atoms with Crippen molar-refractivity contribution in [2.45, 2.75) is 19.3 Å². The molecule has 1 aromatic heterocycles. The van der Waals surface area contributed by atoms with Crippen LogP contribution in [-0.2, 0) is 5.41 Å². The van der Waals surface area contributed by atoms with Crippen molar-refractivity contribution in [3.8, 4) is 44.5 Å². The Hall–Kier alpha value is -6.74. The summed E-state index contributed by atoms with van der Waals surface area (Å²) in [5, 5.41) is 5.13. The highest BCUT2D eigenvalue weighted by Crippen LogP contribution is 2.55. The van der Waals surface area contributed by atoms with E-state index in [1.807, 2.05) is 11.3 Å². The molecule has 2 heteroatoms. The molecule has 0 radical (unpaired) electrons. The average Bonchev–Trinajstić information content (AvgIpc) is 3.76. The van der Waals surface area contributed by atoms with Crippen LogP contribution in [0.1, 0.15) is 25.0 Å². The molecule has 57 heavy (non-hydrogen) atoms. The van der Waals surface area contributed by atoms with Crippen molar-refractivity contribution in [3.05, 3.63) is 211 Å². The van der Waals surface area contributed by atoms with Crippen LogP contribution in [0.5, 0.6) is 0 Å². The van der Waals surface area contributed by atoms with Crippen LogP contribution in [0, 0.1) is 0 Å². The Bertz CT molecular complexity index is 3150. The number of hydrogen-bond donors (Lipinski definition) is 0. The van der Waals surface area contributed by atoms with Crippen molar-refractivity contribution in [3.63, 3.8) is 0 Å². The highest BCUT2D eigenvalue weighted by molar-refractivity contribution is 7.26. The van der Waals surface area contributed by atoms with Crippen LogP contribution in [-0.4, -0.2) is 0 Å². The summed E-state index contributed by atoms with van der Waals surface area (Å²) in [6.07, 6.45) is 0. The predicted molar refractivity (Wildman–Crippen MR) is 245 cm³/mol. The topological polar surface area (TPSA) is 3.24 Å². The van der Waals surface area contributed by atoms with E-state index in [0.717, 1.165) is 11.4 Å². The fourth-order valence-electron chi connectivity index (χ4n) is 9.41. The van der Waals surface area contributed by atoms with Gasteiger partial charge in [0.25, 0.3) is 0 Å². The van der Waals surface area contributed by atoms with Crippen molar-refractivity contribution in [2.24, 2.45) is 0 Å². The molecule has 270 valence electrons. The van der Waals surface area contributed by atoms with Gasteiger partial charge in [-0.25, -0.2) is 0 Å². The minimum atomic E-state index is -0.125. The summed E-state index contributed by atoms with van der Waals surface area (Å²) >= 11 is 1.88. The standard InChI is InChI=1S/C55H39NS/c1-55(2)47-27-9-6-22-46(47)53-48(55)28-15-30-50(53)56(39-34-32-37(33-35-39)41-24-14-26-45-43-21-8-11-31-51(43)57-54(41)45)49-29-10-7-20-42(49)44-25-13-19-38-18-12-23-40(52(38)44)36-16-4-3-5-17-36/h3-35H,1-2H3. The first-order valence-corrected chi connectivity index (χ1v) is 20.6. The molecule has 0 saturated heterocycles. The molecule has 10 aromatic rings. The maximum Gasteiger partial charge on any atom is 0.0543 e. The molecular formula is C55H39NS. The number of thiophene rings is 1. The Morgan fingerprint density at radius 2 is 0.982 bits per heavy atom. The lowest BCUT2D eigenvalue weighted by molar-refractivity contribution is 0.660. The van der Waals surface area contributed by atoms with E-state index in [4.69, 9.17) is 0 Å². The molecule has 1 aliphatic carbocycles. The van der Waals surface area contributed by atoms with Gasteiger partial charge in [-0.2, -0.15) is 0 Å². The molecule has 0 N–H and O–H groups in total. The van der Waals surface area contributed by atoms with Crippen molar-refractivity contribution in [1.82, 2.24) is 0 Å². The van der Waals surface area contributed by atoms with E-state index in [0.29, 0.717) is 0 Å². The van der Waals surface area contributed by atoms with E-state index >= 15 is 0 Å². The number of fused-ring (bicyclic) bond motifs is 7. The first kappa shape index (κ1) is 33.6. The molecule has 0 bridgehead atoms. The quantitative estimate of drug-likeness (QED) is 0.164. The third kappa shape index (κ3) is 5.29. The minimum absolute atomic E-state index is 0.125. The second kappa shape index (κ2) is 13.2. The molecule has 0 fully saturated rings. The van der Waals surface area contributed by atoms with Gasteiger partial charge in [0.1, 0.15) is 0 Å². The van der Waals surface area contributed by atoms with E-state index in [1.54, 1.807) is 0 Å². The number of nitrogens with zero attached hydrogens (tertiary/aromatic N) is 1. The van der Waals surface area contributed by atoms with Crippen LogP contribution in [0.2, 0.25) is 0 Å². The summed E-state index contributed by atoms with van der Waals surface area (Å²) < 4.78 is 2.66. The van der Waals surface area contributed by atoms with Gasteiger partial charge in [0.2, 0.25) is 0 Å². The average molecular weight is 746 g/mol. The van der Waals surface area contributed by atoms with Crippen molar-refractivity contribution in [2.75, 3.05) is 4.90 Å². The summed E-state index contributed by atoms with van der Waals surface area (Å²) in [6.45, 7) is 4.73. The largest absolute Gasteiger partial charge is 0.309 e. The number of anilines is 3. The van der Waals surface area contributed by atoms with Gasteiger partial charge >= 0.3 is 0 Å². The lowest BCUT2D eigenvalue weighted by Crippen LogP contribution is -2.16. The smallest absolute Gasteiger partial charge is 0.0543 e. The Morgan fingerprint density at radius 3 is 1.82 bits per heavy atom. The lowest BCUT2D eigenvalue weighted by Gasteiger charge is -2.31. The maximum atomic E-state index is 2.51. The third-order valence-corrected chi connectivity index (χ3v) is 13.3. The van der Waals surface area contributed by atoms with E-state index in [9.17, 15) is 0 Å². The van der Waals surface area contributed by atoms with Gasteiger partial charge in [0.15, 0.2) is 0 Å². The summed E-state index contributed by atoms with van der Waals surface area (Å²) in [6, 6.07) is 73.8. The molecule has 0 atom stereocenters. The van der Waals surface area contributed by atoms with E-state index < -0.39 is 0 Å². The van der Waals surface area contributed by atoms with Gasteiger partial charge < -0.3 is 4.90 Å². The van der Waals surface area contributed by atoms with Crippen molar-refractivity contribution < 1.29 is 0 Å². The van der Waals surface area contributed by atoms with E-state index in [-0.39, 0.29) is 5.41 Å². The lowest BCUT2D eigenvalue weighted by atomic mass is 9.82. The Balaban J connectivity index is 1.15. The fourth-order valence-corrected chi connectivity index (χ4v) is 10.7. The predicted octanol–water partition coefficient (Wildman–Crippen LogP) is 16.0. The molecule has 1 heterocycles. The van der Waals surface area contributed by atoms with Crippen molar-refractivity contribution in [1.29, 1.82) is 0 Å². The van der Waals surface area contributed by atoms with Gasteiger partial charge in [0.05, 0.1) is 11.4 Å². The van der Waals surface area contributed by atoms with Crippen LogP contribution in [0.3, 0.4) is 0 Å². The summed E-state index contributed by atoms with van der Waals surface area (Å²) in [7, 11) is 0. The Kier molecular flexibility index (Phi) is 7.77. The summed E-state index contributed by atoms with van der Waals surface area (Å²) in [5.74, 6) is 0. The van der Waals surface area contributed by atoms with Gasteiger partial charge in [-0.05, 0) is 85.6 Å². The minimum Gasteiger partial charge on any atom is -0.309 e. The van der Waals surface area contributed by atoms with Gasteiger partial charge in [-0.3, -0.25) is 0 Å². The summed E-state index contributed by atoms with van der Waals surface area (Å²) in [4.78, 5) is 2.51. The SMILES string of the molecule is CC1(C)c2ccccc2-c2c(N(c3ccc(-c4cccc5c4sc4ccccc45)cc3)c3ccccc3-c3cccc4cccc(-c5ccccc5)c34)cccc21. The monoisotopic (exact) mass is 745 g/mol. The number of rotatable bonds is 6. The normalized spacial score (nSPS) is 12.9. The van der Waals surface area contributed by atoms with E-state index in [1.165, 1.54) is 92.3 Å². The number of benzene rings is 9. The number of para-hydroxylation sites is 1. The Labute approximate surface area is 337 Å². The van der Waals surface area contributed by atoms with Gasteiger partial charge in [-0.1, -0.05) is 184 Å². The highest BCUT2D eigenvalue weighted by Gasteiger charge is 2.38. The van der Waals surface area contributed by atoms with Crippen molar-refractivity contribution >= 4 is 59.3 Å². The molecular weight excluding hydrogens is 707 g/mol.